The highest BCUT2D eigenvalue weighted by Gasteiger charge is 2.16. The van der Waals surface area contributed by atoms with Crippen molar-refractivity contribution < 1.29 is 9.47 Å². The van der Waals surface area contributed by atoms with Crippen molar-refractivity contribution in [2.45, 2.75) is 6.92 Å². The molecule has 17 heavy (non-hydrogen) atoms. The Labute approximate surface area is 104 Å². The fourth-order valence-corrected chi connectivity index (χ4v) is 2.42. The van der Waals surface area contributed by atoms with E-state index in [2.05, 4.69) is 4.98 Å². The summed E-state index contributed by atoms with van der Waals surface area (Å²) in [7, 11) is 3.22. The molecule has 0 saturated carbocycles. The maximum Gasteiger partial charge on any atom is 0.170 e. The van der Waals surface area contributed by atoms with Crippen molar-refractivity contribution in [3.63, 3.8) is 0 Å². The molecule has 2 rings (SSSR count). The molecule has 0 aliphatic heterocycles. The molecular weight excluding hydrogens is 236 g/mol. The van der Waals surface area contributed by atoms with E-state index in [1.807, 2.05) is 25.1 Å². The number of nitrogen functional groups attached to an aromatic ring is 1. The van der Waals surface area contributed by atoms with Crippen LogP contribution in [0.5, 0.6) is 11.5 Å². The van der Waals surface area contributed by atoms with Crippen LogP contribution in [0, 0.1) is 6.92 Å². The summed E-state index contributed by atoms with van der Waals surface area (Å²) in [6.07, 6.45) is 0. The number of thiazole rings is 1. The molecule has 2 N–H and O–H groups in total. The van der Waals surface area contributed by atoms with E-state index in [4.69, 9.17) is 15.2 Å². The first-order valence-corrected chi connectivity index (χ1v) is 5.93. The second-order valence-corrected chi connectivity index (χ2v) is 4.72. The van der Waals surface area contributed by atoms with Gasteiger partial charge in [0.05, 0.1) is 19.2 Å². The summed E-state index contributed by atoms with van der Waals surface area (Å²) in [6.45, 7) is 1.93. The zero-order chi connectivity index (χ0) is 12.4. The SMILES string of the molecule is COc1cccc(-c2nc(C)sc2N)c1OC. The van der Waals surface area contributed by atoms with Crippen LogP contribution in [0.3, 0.4) is 0 Å². The topological polar surface area (TPSA) is 57.4 Å². The van der Waals surface area contributed by atoms with Crippen molar-refractivity contribution in [3.05, 3.63) is 23.2 Å². The Hall–Kier alpha value is -1.75. The molecule has 0 aliphatic rings. The van der Waals surface area contributed by atoms with Gasteiger partial charge in [-0.2, -0.15) is 0 Å². The summed E-state index contributed by atoms with van der Waals surface area (Å²) in [6, 6.07) is 5.66. The number of benzene rings is 1. The molecule has 4 nitrogen and oxygen atoms in total. The summed E-state index contributed by atoms with van der Waals surface area (Å²) in [5.74, 6) is 1.34. The standard InChI is InChI=1S/C12H14N2O2S/c1-7-14-10(12(13)17-7)8-5-4-6-9(15-2)11(8)16-3/h4-6H,13H2,1-3H3. The van der Waals surface area contributed by atoms with Gasteiger partial charge in [-0.3, -0.25) is 0 Å². The second kappa shape index (κ2) is 4.63. The average molecular weight is 250 g/mol. The fourth-order valence-electron chi connectivity index (χ4n) is 1.71. The third-order valence-electron chi connectivity index (χ3n) is 2.42. The van der Waals surface area contributed by atoms with Gasteiger partial charge in [-0.25, -0.2) is 4.98 Å². The largest absolute Gasteiger partial charge is 0.493 e. The number of aromatic nitrogens is 1. The third-order valence-corrected chi connectivity index (χ3v) is 3.22. The maximum atomic E-state index is 5.95. The highest BCUT2D eigenvalue weighted by molar-refractivity contribution is 7.16. The molecule has 0 saturated heterocycles. The Morgan fingerprint density at radius 3 is 2.53 bits per heavy atom. The second-order valence-electron chi connectivity index (χ2n) is 3.49. The Morgan fingerprint density at radius 1 is 1.24 bits per heavy atom. The lowest BCUT2D eigenvalue weighted by Crippen LogP contribution is -1.94. The molecule has 0 spiro atoms. The number of hydrogen-bond acceptors (Lipinski definition) is 5. The van der Waals surface area contributed by atoms with Crippen LogP contribution in [0.25, 0.3) is 11.3 Å². The van der Waals surface area contributed by atoms with Gasteiger partial charge < -0.3 is 15.2 Å². The van der Waals surface area contributed by atoms with Crippen LogP contribution < -0.4 is 15.2 Å². The molecule has 1 aromatic heterocycles. The van der Waals surface area contributed by atoms with Crippen LogP contribution >= 0.6 is 11.3 Å². The number of anilines is 1. The summed E-state index contributed by atoms with van der Waals surface area (Å²) >= 11 is 1.47. The van der Waals surface area contributed by atoms with Gasteiger partial charge in [-0.05, 0) is 19.1 Å². The number of aryl methyl sites for hydroxylation is 1. The van der Waals surface area contributed by atoms with E-state index in [0.29, 0.717) is 16.5 Å². The normalized spacial score (nSPS) is 10.3. The van der Waals surface area contributed by atoms with Gasteiger partial charge >= 0.3 is 0 Å². The summed E-state index contributed by atoms with van der Waals surface area (Å²) in [5.41, 5.74) is 7.56. The maximum absolute atomic E-state index is 5.95. The van der Waals surface area contributed by atoms with Gasteiger partial charge in [-0.1, -0.05) is 6.07 Å². The zero-order valence-electron chi connectivity index (χ0n) is 9.98. The Kier molecular flexibility index (Phi) is 3.19. The van der Waals surface area contributed by atoms with Crippen molar-refractivity contribution in [2.75, 3.05) is 20.0 Å². The molecule has 1 heterocycles. The minimum atomic E-state index is 0.659. The van der Waals surface area contributed by atoms with Crippen LogP contribution in [0.1, 0.15) is 5.01 Å². The number of nitrogens with zero attached hydrogens (tertiary/aromatic N) is 1. The average Bonchev–Trinajstić information content (AvgIpc) is 2.67. The van der Waals surface area contributed by atoms with Crippen molar-refractivity contribution in [1.29, 1.82) is 0 Å². The lowest BCUT2D eigenvalue weighted by molar-refractivity contribution is 0.356. The molecule has 5 heteroatoms. The summed E-state index contributed by atoms with van der Waals surface area (Å²) < 4.78 is 10.6. The van der Waals surface area contributed by atoms with Crippen LogP contribution in [-0.2, 0) is 0 Å². The minimum Gasteiger partial charge on any atom is -0.493 e. The molecule has 1 aromatic carbocycles. The highest BCUT2D eigenvalue weighted by Crippen LogP contribution is 2.40. The zero-order valence-corrected chi connectivity index (χ0v) is 10.8. The molecule has 0 bridgehead atoms. The minimum absolute atomic E-state index is 0.659. The first-order valence-electron chi connectivity index (χ1n) is 5.11. The predicted molar refractivity (Wildman–Crippen MR) is 69.8 cm³/mol. The highest BCUT2D eigenvalue weighted by atomic mass is 32.1. The van der Waals surface area contributed by atoms with Crippen LogP contribution in [0.15, 0.2) is 18.2 Å². The Bertz CT molecular complexity index is 537. The number of nitrogens with two attached hydrogens (primary N) is 1. The monoisotopic (exact) mass is 250 g/mol. The molecule has 0 atom stereocenters. The van der Waals surface area contributed by atoms with E-state index in [0.717, 1.165) is 16.3 Å². The Balaban J connectivity index is 2.62. The van der Waals surface area contributed by atoms with E-state index in [9.17, 15) is 0 Å². The van der Waals surface area contributed by atoms with E-state index < -0.39 is 0 Å². The Morgan fingerprint density at radius 2 is 2.00 bits per heavy atom. The molecule has 0 fully saturated rings. The molecule has 0 amide bonds. The number of rotatable bonds is 3. The summed E-state index contributed by atoms with van der Waals surface area (Å²) in [4.78, 5) is 4.42. The van der Waals surface area contributed by atoms with Crippen molar-refractivity contribution >= 4 is 16.3 Å². The molecule has 0 radical (unpaired) electrons. The quantitative estimate of drug-likeness (QED) is 0.910. The molecule has 2 aromatic rings. The molecular formula is C12H14N2O2S. The van der Waals surface area contributed by atoms with Gasteiger partial charge in [0.15, 0.2) is 11.5 Å². The molecule has 0 unspecified atom stereocenters. The smallest absolute Gasteiger partial charge is 0.170 e. The van der Waals surface area contributed by atoms with Crippen molar-refractivity contribution in [2.24, 2.45) is 0 Å². The molecule has 90 valence electrons. The number of ether oxygens (including phenoxy) is 2. The van der Waals surface area contributed by atoms with Gasteiger partial charge in [0.2, 0.25) is 0 Å². The van der Waals surface area contributed by atoms with Gasteiger partial charge in [0.25, 0.3) is 0 Å². The first-order chi connectivity index (χ1) is 8.17. The fraction of sp³-hybridized carbons (Fsp3) is 0.250. The van der Waals surface area contributed by atoms with Crippen LogP contribution in [-0.4, -0.2) is 19.2 Å². The van der Waals surface area contributed by atoms with Gasteiger partial charge in [-0.15, -0.1) is 11.3 Å². The lowest BCUT2D eigenvalue weighted by atomic mass is 10.1. The van der Waals surface area contributed by atoms with E-state index in [-0.39, 0.29) is 0 Å². The summed E-state index contributed by atoms with van der Waals surface area (Å²) in [5, 5.41) is 1.62. The molecule has 0 aliphatic carbocycles. The van der Waals surface area contributed by atoms with E-state index >= 15 is 0 Å². The van der Waals surface area contributed by atoms with Gasteiger partial charge in [0.1, 0.15) is 10.7 Å². The number of hydrogen-bond donors (Lipinski definition) is 1. The number of para-hydroxylation sites is 1. The van der Waals surface area contributed by atoms with Crippen LogP contribution in [0.2, 0.25) is 0 Å². The van der Waals surface area contributed by atoms with E-state index in [1.54, 1.807) is 14.2 Å². The lowest BCUT2D eigenvalue weighted by Gasteiger charge is -2.11. The van der Waals surface area contributed by atoms with Gasteiger partial charge in [0, 0.05) is 5.56 Å². The first kappa shape index (κ1) is 11.7. The van der Waals surface area contributed by atoms with Crippen molar-refractivity contribution in [3.8, 4) is 22.8 Å². The number of methoxy groups -OCH3 is 2. The van der Waals surface area contributed by atoms with Crippen molar-refractivity contribution in [1.82, 2.24) is 4.98 Å². The third kappa shape index (κ3) is 2.06. The predicted octanol–water partition coefficient (Wildman–Crippen LogP) is 2.72. The van der Waals surface area contributed by atoms with E-state index in [1.165, 1.54) is 11.3 Å². The van der Waals surface area contributed by atoms with Crippen LogP contribution in [0.4, 0.5) is 5.00 Å².